The molecule has 0 heterocycles. The standard InChI is InChI=1S/C10H16N4O/c11-9-3-1-2-8(4-9)5-14(13)6-10(12)7-15/h1-4,6,15H,5,7,11-13H2/b10-6-. The van der Waals surface area contributed by atoms with Gasteiger partial charge in [0.25, 0.3) is 0 Å². The van der Waals surface area contributed by atoms with Crippen molar-refractivity contribution in [3.8, 4) is 0 Å². The Bertz CT molecular complexity index is 351. The Morgan fingerprint density at radius 1 is 1.47 bits per heavy atom. The van der Waals surface area contributed by atoms with Crippen molar-refractivity contribution in [1.29, 1.82) is 0 Å². The van der Waals surface area contributed by atoms with Gasteiger partial charge in [-0.2, -0.15) is 0 Å². The number of nitrogens with two attached hydrogens (primary N) is 3. The number of hydrogen-bond donors (Lipinski definition) is 4. The second kappa shape index (κ2) is 5.23. The summed E-state index contributed by atoms with van der Waals surface area (Å²) < 4.78 is 0. The highest BCUT2D eigenvalue weighted by Crippen LogP contribution is 2.08. The maximum Gasteiger partial charge on any atom is 0.0840 e. The number of nitrogens with zero attached hydrogens (tertiary/aromatic N) is 1. The monoisotopic (exact) mass is 208 g/mol. The summed E-state index contributed by atoms with van der Waals surface area (Å²) in [6.07, 6.45) is 1.49. The first-order chi connectivity index (χ1) is 7.11. The quantitative estimate of drug-likeness (QED) is 0.310. The van der Waals surface area contributed by atoms with Gasteiger partial charge in [0.05, 0.1) is 18.8 Å². The van der Waals surface area contributed by atoms with Crippen LogP contribution in [0.15, 0.2) is 36.2 Å². The molecule has 1 aromatic rings. The predicted octanol–water partition coefficient (Wildman–Crippen LogP) is -0.263. The van der Waals surface area contributed by atoms with Crippen LogP contribution >= 0.6 is 0 Å². The number of benzene rings is 1. The zero-order chi connectivity index (χ0) is 11.3. The molecule has 0 spiro atoms. The minimum atomic E-state index is -0.204. The molecule has 1 aromatic carbocycles. The third kappa shape index (κ3) is 3.88. The van der Waals surface area contributed by atoms with Gasteiger partial charge in [-0.3, -0.25) is 0 Å². The average Bonchev–Trinajstić information content (AvgIpc) is 2.17. The molecule has 5 nitrogen and oxygen atoms in total. The SMILES string of the molecule is N/C(=C\N(N)Cc1cccc(N)c1)CO. The molecule has 0 aliphatic heterocycles. The van der Waals surface area contributed by atoms with E-state index in [4.69, 9.17) is 22.4 Å². The molecule has 82 valence electrons. The average molecular weight is 208 g/mol. The van der Waals surface area contributed by atoms with Crippen LogP contribution in [0, 0.1) is 0 Å². The molecular weight excluding hydrogens is 192 g/mol. The van der Waals surface area contributed by atoms with Gasteiger partial charge in [-0.05, 0) is 17.7 Å². The number of anilines is 1. The normalized spacial score (nSPS) is 11.5. The number of aliphatic hydroxyl groups excluding tert-OH is 1. The first-order valence-corrected chi connectivity index (χ1v) is 4.54. The molecule has 0 saturated carbocycles. The van der Waals surface area contributed by atoms with Crippen molar-refractivity contribution in [2.75, 3.05) is 12.3 Å². The summed E-state index contributed by atoms with van der Waals surface area (Å²) in [5.41, 5.74) is 13.0. The van der Waals surface area contributed by atoms with Crippen molar-refractivity contribution >= 4 is 5.69 Å². The van der Waals surface area contributed by atoms with E-state index in [1.165, 1.54) is 11.2 Å². The summed E-state index contributed by atoms with van der Waals surface area (Å²) in [5, 5.41) is 10.1. The van der Waals surface area contributed by atoms with Crippen LogP contribution in [-0.2, 0) is 6.54 Å². The summed E-state index contributed by atoms with van der Waals surface area (Å²) in [6, 6.07) is 7.42. The maximum absolute atomic E-state index is 8.70. The minimum absolute atomic E-state index is 0.204. The summed E-state index contributed by atoms with van der Waals surface area (Å²) in [5.74, 6) is 5.66. The zero-order valence-electron chi connectivity index (χ0n) is 8.43. The first kappa shape index (κ1) is 11.4. The largest absolute Gasteiger partial charge is 0.399 e. The van der Waals surface area contributed by atoms with Crippen LogP contribution in [0.25, 0.3) is 0 Å². The Morgan fingerprint density at radius 3 is 2.80 bits per heavy atom. The summed E-state index contributed by atoms with van der Waals surface area (Å²) in [7, 11) is 0. The van der Waals surface area contributed by atoms with Gasteiger partial charge in [-0.1, -0.05) is 12.1 Å². The zero-order valence-corrected chi connectivity index (χ0v) is 8.43. The number of aliphatic hydroxyl groups is 1. The molecule has 0 saturated heterocycles. The topological polar surface area (TPSA) is 102 Å². The van der Waals surface area contributed by atoms with E-state index in [1.54, 1.807) is 0 Å². The van der Waals surface area contributed by atoms with Crippen molar-refractivity contribution in [2.24, 2.45) is 11.6 Å². The van der Waals surface area contributed by atoms with E-state index in [2.05, 4.69) is 0 Å². The molecule has 0 amide bonds. The molecule has 0 bridgehead atoms. The third-order valence-electron chi connectivity index (χ3n) is 1.83. The Kier molecular flexibility index (Phi) is 3.96. The molecular formula is C10H16N4O. The summed E-state index contributed by atoms with van der Waals surface area (Å²) in [4.78, 5) is 0. The number of hydrazine groups is 1. The molecule has 0 aliphatic carbocycles. The maximum atomic E-state index is 8.70. The van der Waals surface area contributed by atoms with E-state index in [9.17, 15) is 0 Å². The van der Waals surface area contributed by atoms with Crippen LogP contribution in [0.4, 0.5) is 5.69 Å². The van der Waals surface area contributed by atoms with Gasteiger partial charge < -0.3 is 21.6 Å². The third-order valence-corrected chi connectivity index (χ3v) is 1.83. The fourth-order valence-electron chi connectivity index (χ4n) is 1.20. The van der Waals surface area contributed by atoms with Gasteiger partial charge >= 0.3 is 0 Å². The molecule has 7 N–H and O–H groups in total. The van der Waals surface area contributed by atoms with Crippen molar-refractivity contribution in [2.45, 2.75) is 6.54 Å². The Morgan fingerprint density at radius 2 is 2.20 bits per heavy atom. The van der Waals surface area contributed by atoms with E-state index in [-0.39, 0.29) is 6.61 Å². The first-order valence-electron chi connectivity index (χ1n) is 4.54. The Balaban J connectivity index is 2.62. The fourth-order valence-corrected chi connectivity index (χ4v) is 1.20. The highest BCUT2D eigenvalue weighted by molar-refractivity contribution is 5.40. The van der Waals surface area contributed by atoms with Crippen molar-refractivity contribution in [3.63, 3.8) is 0 Å². The van der Waals surface area contributed by atoms with Gasteiger partial charge in [-0.25, -0.2) is 5.84 Å². The predicted molar refractivity (Wildman–Crippen MR) is 59.9 cm³/mol. The fraction of sp³-hybridized carbons (Fsp3) is 0.200. The molecule has 0 aliphatic rings. The van der Waals surface area contributed by atoms with Crippen LogP contribution in [0.3, 0.4) is 0 Å². The summed E-state index contributed by atoms with van der Waals surface area (Å²) in [6.45, 7) is 0.288. The molecule has 0 atom stereocenters. The lowest BCUT2D eigenvalue weighted by Crippen LogP contribution is -2.26. The molecule has 0 unspecified atom stereocenters. The van der Waals surface area contributed by atoms with E-state index in [0.29, 0.717) is 17.9 Å². The van der Waals surface area contributed by atoms with Gasteiger partial charge in [0.2, 0.25) is 0 Å². The van der Waals surface area contributed by atoms with Crippen LogP contribution in [-0.4, -0.2) is 16.7 Å². The second-order valence-electron chi connectivity index (χ2n) is 3.28. The molecule has 0 aromatic heterocycles. The molecule has 15 heavy (non-hydrogen) atoms. The van der Waals surface area contributed by atoms with E-state index < -0.39 is 0 Å². The van der Waals surface area contributed by atoms with Gasteiger partial charge in [0.15, 0.2) is 0 Å². The van der Waals surface area contributed by atoms with E-state index in [1.807, 2.05) is 24.3 Å². The molecule has 0 fully saturated rings. The smallest absolute Gasteiger partial charge is 0.0840 e. The van der Waals surface area contributed by atoms with Gasteiger partial charge in [-0.15, -0.1) is 0 Å². The lowest BCUT2D eigenvalue weighted by Gasteiger charge is -2.14. The van der Waals surface area contributed by atoms with Crippen molar-refractivity contribution in [3.05, 3.63) is 41.7 Å². The Hall–Kier alpha value is -1.72. The molecule has 0 radical (unpaired) electrons. The van der Waals surface area contributed by atoms with Crippen LogP contribution in [0.2, 0.25) is 0 Å². The highest BCUT2D eigenvalue weighted by atomic mass is 16.3. The molecule has 1 rings (SSSR count). The van der Waals surface area contributed by atoms with Gasteiger partial charge in [0, 0.05) is 11.9 Å². The van der Waals surface area contributed by atoms with E-state index >= 15 is 0 Å². The lowest BCUT2D eigenvalue weighted by molar-refractivity contribution is 0.318. The number of nitrogen functional groups attached to an aromatic ring is 1. The van der Waals surface area contributed by atoms with Crippen LogP contribution in [0.1, 0.15) is 5.56 Å². The van der Waals surface area contributed by atoms with Crippen molar-refractivity contribution in [1.82, 2.24) is 5.01 Å². The minimum Gasteiger partial charge on any atom is -0.399 e. The number of hydrogen-bond acceptors (Lipinski definition) is 5. The van der Waals surface area contributed by atoms with E-state index in [0.717, 1.165) is 5.56 Å². The van der Waals surface area contributed by atoms with Crippen LogP contribution < -0.4 is 17.3 Å². The molecule has 5 heteroatoms. The van der Waals surface area contributed by atoms with Crippen LogP contribution in [0.5, 0.6) is 0 Å². The second-order valence-corrected chi connectivity index (χ2v) is 3.28. The summed E-state index contributed by atoms with van der Waals surface area (Å²) >= 11 is 0. The van der Waals surface area contributed by atoms with Gasteiger partial charge in [0.1, 0.15) is 0 Å². The number of rotatable bonds is 4. The Labute approximate surface area is 88.7 Å². The lowest BCUT2D eigenvalue weighted by atomic mass is 10.2. The van der Waals surface area contributed by atoms with Crippen molar-refractivity contribution < 1.29 is 5.11 Å². The highest BCUT2D eigenvalue weighted by Gasteiger charge is 1.98.